The highest BCUT2D eigenvalue weighted by Gasteiger charge is 2.95. The molecular weight excluding hydrogens is 811 g/mol. The predicted molar refractivity (Wildman–Crippen MR) is 162 cm³/mol. The van der Waals surface area contributed by atoms with Gasteiger partial charge in [-0.1, -0.05) is 51.9 Å². The van der Waals surface area contributed by atoms with Gasteiger partial charge in [-0.05, 0) is 55.0 Å². The van der Waals surface area contributed by atoms with Crippen molar-refractivity contribution in [3.05, 3.63) is 59.7 Å². The summed E-state index contributed by atoms with van der Waals surface area (Å²) < 4.78 is 243. The molecule has 0 N–H and O–H groups in total. The lowest BCUT2D eigenvalue weighted by molar-refractivity contribution is -0.461. The first kappa shape index (κ1) is 48.1. The third kappa shape index (κ3) is 10.1. The van der Waals surface area contributed by atoms with E-state index in [1.54, 1.807) is 0 Å². The van der Waals surface area contributed by atoms with Crippen LogP contribution in [0.15, 0.2) is 48.5 Å². The minimum Gasteiger partial charge on any atom is -0.494 e. The average molecular weight is 845 g/mol. The number of hydrogen-bond donors (Lipinski definition) is 0. The average Bonchev–Trinajstić information content (AvgIpc) is 3.10. The van der Waals surface area contributed by atoms with Crippen LogP contribution < -0.4 is 9.47 Å². The van der Waals surface area contributed by atoms with Crippen LogP contribution >= 0.6 is 0 Å². The van der Waals surface area contributed by atoms with Crippen molar-refractivity contribution in [1.29, 1.82) is 0 Å². The van der Waals surface area contributed by atoms with Gasteiger partial charge in [0.25, 0.3) is 0 Å². The summed E-state index contributed by atoms with van der Waals surface area (Å²) in [6.07, 6.45) is -1.99. The Kier molecular flexibility index (Phi) is 15.5. The van der Waals surface area contributed by atoms with Crippen LogP contribution in [0, 0.1) is 0 Å². The Morgan fingerprint density at radius 1 is 0.464 bits per heavy atom. The number of halogens is 17. The summed E-state index contributed by atoms with van der Waals surface area (Å²) >= 11 is 0. The van der Waals surface area contributed by atoms with Crippen molar-refractivity contribution >= 4 is 11.9 Å². The van der Waals surface area contributed by atoms with Crippen molar-refractivity contribution < 1.29 is 98.4 Å². The second-order valence-electron chi connectivity index (χ2n) is 12.3. The van der Waals surface area contributed by atoms with E-state index < -0.39 is 78.2 Å². The number of alkyl halides is 17. The third-order valence-corrected chi connectivity index (χ3v) is 8.09. The van der Waals surface area contributed by atoms with Gasteiger partial charge in [-0.3, -0.25) is 0 Å². The van der Waals surface area contributed by atoms with Gasteiger partial charge in [0, 0.05) is 0 Å². The van der Waals surface area contributed by atoms with E-state index in [0.717, 1.165) is 56.4 Å². The summed E-state index contributed by atoms with van der Waals surface area (Å²) in [6, 6.07) is 9.21. The molecule has 0 aliphatic carbocycles. The van der Waals surface area contributed by atoms with Crippen molar-refractivity contribution in [2.24, 2.45) is 0 Å². The van der Waals surface area contributed by atoms with Crippen molar-refractivity contribution in [3.63, 3.8) is 0 Å². The minimum atomic E-state index is -8.74. The fraction of sp³-hybridized carbons (Fsp3) is 0.588. The fourth-order valence-electron chi connectivity index (χ4n) is 4.65. The Morgan fingerprint density at radius 2 is 0.857 bits per heavy atom. The molecule has 22 heteroatoms. The molecule has 0 radical (unpaired) electrons. The third-order valence-electron chi connectivity index (χ3n) is 8.09. The maximum atomic E-state index is 14.1. The van der Waals surface area contributed by atoms with E-state index in [1.165, 1.54) is 43.5 Å². The molecule has 0 atom stereocenters. The van der Waals surface area contributed by atoms with Gasteiger partial charge < -0.3 is 14.2 Å². The molecule has 0 bridgehead atoms. The highest BCUT2D eigenvalue weighted by Crippen LogP contribution is 2.64. The number of rotatable bonds is 22. The number of hydrogen-bond acceptors (Lipinski definition) is 5. The van der Waals surface area contributed by atoms with E-state index in [2.05, 4.69) is 11.7 Å². The first-order valence-electron chi connectivity index (χ1n) is 16.5. The van der Waals surface area contributed by atoms with E-state index in [4.69, 9.17) is 9.47 Å². The summed E-state index contributed by atoms with van der Waals surface area (Å²) in [5.41, 5.74) is -0.576. The molecule has 0 aliphatic rings. The van der Waals surface area contributed by atoms with E-state index in [0.29, 0.717) is 12.4 Å². The number of carbonyl (C=O) groups excluding carboxylic acids is 2. The lowest BCUT2D eigenvalue weighted by atomic mass is 9.88. The van der Waals surface area contributed by atoms with Gasteiger partial charge in [-0.2, -0.15) is 74.6 Å². The summed E-state index contributed by atoms with van der Waals surface area (Å²) in [4.78, 5) is 24.6. The number of carbonyl (C=O) groups is 2. The maximum Gasteiger partial charge on any atom is 0.460 e. The van der Waals surface area contributed by atoms with E-state index >= 15 is 0 Å². The molecule has 0 aliphatic heterocycles. The first-order valence-corrected chi connectivity index (χ1v) is 16.5. The Hall–Kier alpha value is -4.01. The molecule has 0 aromatic heterocycles. The standard InChI is InChI=1S/C34H33F17O5/c1-2-3-4-5-6-7-8-9-19-54-23-14-10-22(11-15-23)26(53)56-24-16-12-21(13-17-24)25(52)55-20-18-27(35,36)28(37,38)29(39,40)30(41,42)31(43,44)32(45,46)33(47,48)34(49,50)51/h10-17H,2-9,18-20H2,1H3. The number of benzene rings is 2. The maximum absolute atomic E-state index is 14.1. The van der Waals surface area contributed by atoms with E-state index in [-0.39, 0.29) is 11.3 Å². The topological polar surface area (TPSA) is 61.8 Å². The molecule has 0 spiro atoms. The first-order chi connectivity index (χ1) is 25.5. The highest BCUT2D eigenvalue weighted by molar-refractivity contribution is 5.92. The lowest BCUT2D eigenvalue weighted by Gasteiger charge is -2.42. The van der Waals surface area contributed by atoms with Crippen molar-refractivity contribution in [2.45, 2.75) is 112 Å². The Labute approximate surface area is 307 Å². The quantitative estimate of drug-likeness (QED) is 0.0511. The number of unbranched alkanes of at least 4 members (excludes halogenated alkanes) is 7. The molecule has 56 heavy (non-hydrogen) atoms. The Balaban J connectivity index is 1.98. The van der Waals surface area contributed by atoms with Crippen LogP contribution in [0.2, 0.25) is 0 Å². The summed E-state index contributed by atoms with van der Waals surface area (Å²) in [7, 11) is 0. The molecule has 0 saturated heterocycles. The lowest BCUT2D eigenvalue weighted by Crippen LogP contribution is -2.74. The highest BCUT2D eigenvalue weighted by atomic mass is 19.4. The molecule has 0 unspecified atom stereocenters. The van der Waals surface area contributed by atoms with Gasteiger partial charge in [-0.15, -0.1) is 0 Å². The predicted octanol–water partition coefficient (Wildman–Crippen LogP) is 12.0. The molecule has 2 rings (SSSR count). The monoisotopic (exact) mass is 844 g/mol. The van der Waals surface area contributed by atoms with Crippen molar-refractivity contribution in [3.8, 4) is 11.5 Å². The van der Waals surface area contributed by atoms with E-state index in [1.807, 2.05) is 0 Å². The zero-order chi connectivity index (χ0) is 43.0. The zero-order valence-corrected chi connectivity index (χ0v) is 28.9. The van der Waals surface area contributed by atoms with Crippen LogP contribution in [-0.2, 0) is 4.74 Å². The van der Waals surface area contributed by atoms with Gasteiger partial charge in [0.15, 0.2) is 0 Å². The molecule has 0 fully saturated rings. The van der Waals surface area contributed by atoms with Crippen molar-refractivity contribution in [2.75, 3.05) is 13.2 Å². The van der Waals surface area contributed by atoms with Gasteiger partial charge in [0.2, 0.25) is 0 Å². The normalized spacial score (nSPS) is 13.8. The SMILES string of the molecule is CCCCCCCCCCOc1ccc(C(=O)Oc2ccc(C(=O)OCCC(F)(F)C(F)(F)C(F)(F)C(F)(F)C(F)(F)C(F)(F)C(F)(F)C(F)(F)F)cc2)cc1. The second kappa shape index (κ2) is 18.1. The molecular formula is C34H33F17O5. The second-order valence-corrected chi connectivity index (χ2v) is 12.3. The largest absolute Gasteiger partial charge is 0.494 e. The van der Waals surface area contributed by atoms with E-state index in [9.17, 15) is 84.2 Å². The Bertz CT molecular complexity index is 1570. The van der Waals surface area contributed by atoms with Gasteiger partial charge in [0.1, 0.15) is 11.5 Å². The summed E-state index contributed by atoms with van der Waals surface area (Å²) in [5.74, 6) is -59.7. The summed E-state index contributed by atoms with van der Waals surface area (Å²) in [6.45, 7) is 0.484. The van der Waals surface area contributed by atoms with Gasteiger partial charge >= 0.3 is 59.6 Å². The molecule has 0 amide bonds. The van der Waals surface area contributed by atoms with Crippen LogP contribution in [-0.4, -0.2) is 72.8 Å². The van der Waals surface area contributed by atoms with Crippen LogP contribution in [0.3, 0.4) is 0 Å². The molecule has 0 heterocycles. The molecule has 5 nitrogen and oxygen atoms in total. The van der Waals surface area contributed by atoms with Crippen molar-refractivity contribution in [1.82, 2.24) is 0 Å². The minimum absolute atomic E-state index is 0.0469. The molecule has 2 aromatic rings. The molecule has 0 saturated carbocycles. The molecule has 318 valence electrons. The van der Waals surface area contributed by atoms with Crippen LogP contribution in [0.5, 0.6) is 11.5 Å². The fourth-order valence-corrected chi connectivity index (χ4v) is 4.65. The van der Waals surface area contributed by atoms with Crippen LogP contribution in [0.4, 0.5) is 74.6 Å². The summed E-state index contributed by atoms with van der Waals surface area (Å²) in [5, 5.41) is 0. The molecule has 2 aromatic carbocycles. The van der Waals surface area contributed by atoms with Crippen LogP contribution in [0.25, 0.3) is 0 Å². The zero-order valence-electron chi connectivity index (χ0n) is 28.9. The number of ether oxygens (including phenoxy) is 3. The van der Waals surface area contributed by atoms with Crippen LogP contribution in [0.1, 0.15) is 85.4 Å². The van der Waals surface area contributed by atoms with Gasteiger partial charge in [0.05, 0.1) is 30.8 Å². The Morgan fingerprint density at radius 3 is 1.32 bits per heavy atom. The number of esters is 2. The smallest absolute Gasteiger partial charge is 0.460 e. The van der Waals surface area contributed by atoms with Gasteiger partial charge in [-0.25, -0.2) is 9.59 Å².